The molecule has 1 aliphatic carbocycles. The SMILES string of the molecule is CCNC(CSC)CC1CCC1. The van der Waals surface area contributed by atoms with Gasteiger partial charge in [0.05, 0.1) is 0 Å². The molecule has 2 heteroatoms. The molecule has 1 fully saturated rings. The molecule has 1 nitrogen and oxygen atoms in total. The Morgan fingerprint density at radius 1 is 1.50 bits per heavy atom. The topological polar surface area (TPSA) is 12.0 Å². The Morgan fingerprint density at radius 2 is 2.25 bits per heavy atom. The predicted octanol–water partition coefficient (Wildman–Crippen LogP) is 2.52. The first-order valence-electron chi connectivity index (χ1n) is 5.09. The van der Waals surface area contributed by atoms with Crippen molar-refractivity contribution >= 4 is 11.8 Å². The number of hydrogen-bond donors (Lipinski definition) is 1. The second-order valence-electron chi connectivity index (χ2n) is 3.74. The van der Waals surface area contributed by atoms with Crippen LogP contribution in [0.25, 0.3) is 0 Å². The molecule has 1 atom stereocenters. The van der Waals surface area contributed by atoms with Gasteiger partial charge in [0.25, 0.3) is 0 Å². The van der Waals surface area contributed by atoms with E-state index in [1.54, 1.807) is 0 Å². The molecule has 0 aromatic carbocycles. The van der Waals surface area contributed by atoms with Gasteiger partial charge >= 0.3 is 0 Å². The van der Waals surface area contributed by atoms with E-state index in [9.17, 15) is 0 Å². The summed E-state index contributed by atoms with van der Waals surface area (Å²) in [7, 11) is 0. The van der Waals surface area contributed by atoms with Gasteiger partial charge in [-0.1, -0.05) is 26.2 Å². The lowest BCUT2D eigenvalue weighted by molar-refractivity contribution is 0.269. The van der Waals surface area contributed by atoms with E-state index in [2.05, 4.69) is 18.5 Å². The van der Waals surface area contributed by atoms with Crippen LogP contribution in [-0.2, 0) is 0 Å². The van der Waals surface area contributed by atoms with E-state index in [-0.39, 0.29) is 0 Å². The fourth-order valence-electron chi connectivity index (χ4n) is 1.83. The molecule has 0 saturated heterocycles. The van der Waals surface area contributed by atoms with Gasteiger partial charge in [0.2, 0.25) is 0 Å². The van der Waals surface area contributed by atoms with Crippen LogP contribution in [0.2, 0.25) is 0 Å². The minimum Gasteiger partial charge on any atom is -0.313 e. The number of nitrogens with one attached hydrogen (secondary N) is 1. The van der Waals surface area contributed by atoms with Gasteiger partial charge in [-0.15, -0.1) is 0 Å². The van der Waals surface area contributed by atoms with E-state index in [0.29, 0.717) is 0 Å². The van der Waals surface area contributed by atoms with Gasteiger partial charge in [-0.25, -0.2) is 0 Å². The Kier molecular flexibility index (Phi) is 5.08. The molecule has 1 unspecified atom stereocenters. The predicted molar refractivity (Wildman–Crippen MR) is 57.8 cm³/mol. The van der Waals surface area contributed by atoms with Crippen molar-refractivity contribution < 1.29 is 0 Å². The highest BCUT2D eigenvalue weighted by Gasteiger charge is 2.21. The molecule has 0 bridgehead atoms. The van der Waals surface area contributed by atoms with Gasteiger partial charge in [-0.05, 0) is 25.1 Å². The zero-order valence-electron chi connectivity index (χ0n) is 8.31. The van der Waals surface area contributed by atoms with E-state index in [1.807, 2.05) is 11.8 Å². The molecule has 0 aromatic rings. The van der Waals surface area contributed by atoms with Crippen molar-refractivity contribution in [2.75, 3.05) is 18.6 Å². The summed E-state index contributed by atoms with van der Waals surface area (Å²) in [5, 5.41) is 3.56. The summed E-state index contributed by atoms with van der Waals surface area (Å²) in [5.74, 6) is 2.32. The zero-order chi connectivity index (χ0) is 8.81. The molecule has 1 N–H and O–H groups in total. The minimum absolute atomic E-state index is 0.773. The molecule has 0 heterocycles. The lowest BCUT2D eigenvalue weighted by Gasteiger charge is -2.29. The summed E-state index contributed by atoms with van der Waals surface area (Å²) in [6.45, 7) is 3.33. The van der Waals surface area contributed by atoms with Crippen molar-refractivity contribution in [3.63, 3.8) is 0 Å². The molecule has 1 rings (SSSR count). The largest absolute Gasteiger partial charge is 0.313 e. The summed E-state index contributed by atoms with van der Waals surface area (Å²) in [4.78, 5) is 0. The minimum atomic E-state index is 0.773. The highest BCUT2D eigenvalue weighted by Crippen LogP contribution is 2.30. The van der Waals surface area contributed by atoms with Crippen LogP contribution in [0.3, 0.4) is 0 Å². The van der Waals surface area contributed by atoms with E-state index >= 15 is 0 Å². The maximum Gasteiger partial charge on any atom is 0.0160 e. The molecule has 72 valence electrons. The summed E-state index contributed by atoms with van der Waals surface area (Å²) >= 11 is 1.96. The van der Waals surface area contributed by atoms with Gasteiger partial charge < -0.3 is 5.32 Å². The molecular weight excluding hydrogens is 166 g/mol. The highest BCUT2D eigenvalue weighted by atomic mass is 32.2. The quantitative estimate of drug-likeness (QED) is 0.686. The number of hydrogen-bond acceptors (Lipinski definition) is 2. The monoisotopic (exact) mass is 187 g/mol. The fourth-order valence-corrected chi connectivity index (χ4v) is 2.49. The van der Waals surface area contributed by atoms with Crippen LogP contribution in [0, 0.1) is 5.92 Å². The smallest absolute Gasteiger partial charge is 0.0160 e. The zero-order valence-corrected chi connectivity index (χ0v) is 9.12. The Labute approximate surface area is 80.7 Å². The molecule has 0 amide bonds. The van der Waals surface area contributed by atoms with Crippen LogP contribution < -0.4 is 5.32 Å². The maximum absolute atomic E-state index is 3.56. The van der Waals surface area contributed by atoms with Gasteiger partial charge in [-0.3, -0.25) is 0 Å². The van der Waals surface area contributed by atoms with Crippen LogP contribution in [0.4, 0.5) is 0 Å². The van der Waals surface area contributed by atoms with Gasteiger partial charge in [0.15, 0.2) is 0 Å². The normalized spacial score (nSPS) is 20.5. The standard InChI is InChI=1S/C10H21NS/c1-3-11-10(8-12-2)7-9-5-4-6-9/h9-11H,3-8H2,1-2H3. The second-order valence-corrected chi connectivity index (χ2v) is 4.65. The van der Waals surface area contributed by atoms with Crippen LogP contribution in [0.1, 0.15) is 32.6 Å². The van der Waals surface area contributed by atoms with Gasteiger partial charge in [0, 0.05) is 11.8 Å². The van der Waals surface area contributed by atoms with E-state index in [4.69, 9.17) is 0 Å². The highest BCUT2D eigenvalue weighted by molar-refractivity contribution is 7.98. The van der Waals surface area contributed by atoms with Crippen molar-refractivity contribution in [1.82, 2.24) is 5.32 Å². The molecular formula is C10H21NS. The third-order valence-corrected chi connectivity index (χ3v) is 3.44. The van der Waals surface area contributed by atoms with Crippen molar-refractivity contribution in [1.29, 1.82) is 0 Å². The van der Waals surface area contributed by atoms with Crippen molar-refractivity contribution in [3.8, 4) is 0 Å². The first-order valence-corrected chi connectivity index (χ1v) is 6.48. The summed E-state index contributed by atoms with van der Waals surface area (Å²) in [6.07, 6.45) is 8.05. The number of rotatable bonds is 6. The molecule has 1 aliphatic rings. The van der Waals surface area contributed by atoms with E-state index < -0.39 is 0 Å². The van der Waals surface area contributed by atoms with Crippen molar-refractivity contribution in [3.05, 3.63) is 0 Å². The first-order chi connectivity index (χ1) is 5.86. The third kappa shape index (κ3) is 3.36. The summed E-state index contributed by atoms with van der Waals surface area (Å²) in [5.41, 5.74) is 0. The summed E-state index contributed by atoms with van der Waals surface area (Å²) < 4.78 is 0. The lowest BCUT2D eigenvalue weighted by atomic mass is 9.81. The summed E-state index contributed by atoms with van der Waals surface area (Å²) in [6, 6.07) is 0.773. The Morgan fingerprint density at radius 3 is 2.67 bits per heavy atom. The maximum atomic E-state index is 3.56. The number of thioether (sulfide) groups is 1. The van der Waals surface area contributed by atoms with Crippen LogP contribution >= 0.6 is 11.8 Å². The average Bonchev–Trinajstić information content (AvgIpc) is 1.97. The van der Waals surface area contributed by atoms with Crippen molar-refractivity contribution in [2.24, 2.45) is 5.92 Å². The lowest BCUT2D eigenvalue weighted by Crippen LogP contribution is -2.34. The fraction of sp³-hybridized carbons (Fsp3) is 1.00. The molecule has 12 heavy (non-hydrogen) atoms. The molecule has 0 radical (unpaired) electrons. The first kappa shape index (κ1) is 10.4. The van der Waals surface area contributed by atoms with Crippen LogP contribution in [-0.4, -0.2) is 24.6 Å². The average molecular weight is 187 g/mol. The Balaban J connectivity index is 2.11. The van der Waals surface area contributed by atoms with Gasteiger partial charge in [-0.2, -0.15) is 11.8 Å². The molecule has 0 aromatic heterocycles. The third-order valence-electron chi connectivity index (χ3n) is 2.70. The van der Waals surface area contributed by atoms with Crippen molar-refractivity contribution in [2.45, 2.75) is 38.6 Å². The Bertz CT molecular complexity index is 106. The second kappa shape index (κ2) is 5.87. The Hall–Kier alpha value is 0.310. The van der Waals surface area contributed by atoms with Gasteiger partial charge in [0.1, 0.15) is 0 Å². The molecule has 0 spiro atoms. The van der Waals surface area contributed by atoms with E-state index in [1.165, 1.54) is 31.4 Å². The van der Waals surface area contributed by atoms with Crippen LogP contribution in [0.5, 0.6) is 0 Å². The van der Waals surface area contributed by atoms with E-state index in [0.717, 1.165) is 18.5 Å². The van der Waals surface area contributed by atoms with Crippen LogP contribution in [0.15, 0.2) is 0 Å². The molecule has 1 saturated carbocycles. The molecule has 0 aliphatic heterocycles.